The summed E-state index contributed by atoms with van der Waals surface area (Å²) in [6, 6.07) is 8.25. The Morgan fingerprint density at radius 1 is 1.29 bits per heavy atom. The number of hydrogen-bond acceptors (Lipinski definition) is 7. The fourth-order valence-corrected chi connectivity index (χ4v) is 5.68. The molecule has 2 atom stereocenters. The van der Waals surface area contributed by atoms with Crippen molar-refractivity contribution in [1.29, 1.82) is 0 Å². The number of aryl methyl sites for hydroxylation is 1. The van der Waals surface area contributed by atoms with Crippen LogP contribution in [0.15, 0.2) is 29.6 Å². The van der Waals surface area contributed by atoms with Crippen LogP contribution in [-0.2, 0) is 27.4 Å². The van der Waals surface area contributed by atoms with E-state index < -0.39 is 6.04 Å². The molecule has 0 saturated carbocycles. The van der Waals surface area contributed by atoms with Gasteiger partial charge in [0.1, 0.15) is 12.6 Å². The highest BCUT2D eigenvalue weighted by molar-refractivity contribution is 7.11. The monoisotopic (exact) mass is 464 g/mol. The number of ether oxygens (including phenoxy) is 1. The minimum absolute atomic E-state index is 0.0152. The molecule has 0 radical (unpaired) electrons. The van der Waals surface area contributed by atoms with Gasteiger partial charge in [-0.2, -0.15) is 0 Å². The highest BCUT2D eigenvalue weighted by Crippen LogP contribution is 2.28. The van der Waals surface area contributed by atoms with E-state index in [1.807, 2.05) is 11.3 Å². The van der Waals surface area contributed by atoms with E-state index in [4.69, 9.17) is 10.5 Å². The van der Waals surface area contributed by atoms with Crippen LogP contribution in [0, 0.1) is 6.92 Å². The van der Waals surface area contributed by atoms with Crippen LogP contribution in [0.25, 0.3) is 0 Å². The van der Waals surface area contributed by atoms with Gasteiger partial charge in [0.05, 0.1) is 0 Å². The molecule has 3 rings (SSSR count). The Hall–Kier alpha value is -1.78. The Morgan fingerprint density at radius 2 is 2.10 bits per heavy atom. The number of nitrogens with two attached hydrogens (primary N) is 1. The normalized spacial score (nSPS) is 19.0. The van der Waals surface area contributed by atoms with Gasteiger partial charge in [-0.05, 0) is 43.3 Å². The predicted octanol–water partition coefficient (Wildman–Crippen LogP) is 2.20. The van der Waals surface area contributed by atoms with Crippen LogP contribution in [0.5, 0.6) is 0 Å². The fourth-order valence-electron chi connectivity index (χ4n) is 4.03. The molecule has 1 saturated heterocycles. The number of carbonyl (C=O) groups excluding carboxylic acids is 2. The van der Waals surface area contributed by atoms with Crippen molar-refractivity contribution in [3.8, 4) is 0 Å². The molecule has 2 aromatic heterocycles. The molecule has 0 bridgehead atoms. The summed E-state index contributed by atoms with van der Waals surface area (Å²) in [5, 5.41) is 4.97. The molecule has 1 unspecified atom stereocenters. The summed E-state index contributed by atoms with van der Waals surface area (Å²) in [5.74, 6) is -0.282. The van der Waals surface area contributed by atoms with E-state index in [1.165, 1.54) is 21.7 Å². The highest BCUT2D eigenvalue weighted by atomic mass is 32.1. The first-order valence-corrected chi connectivity index (χ1v) is 12.3. The van der Waals surface area contributed by atoms with E-state index >= 15 is 0 Å². The molecule has 2 aromatic rings. The molecule has 1 aliphatic rings. The molecular formula is C22H32N4O3S2. The number of methoxy groups -OCH3 is 1. The SMILES string of the molecule is COCC(=O)N1CCC(N(Cc2cccs2)Cc2ccc(C)s2)C[C@@H]1C(=O)NCCN. The van der Waals surface area contributed by atoms with Gasteiger partial charge < -0.3 is 20.7 Å². The molecular weight excluding hydrogens is 432 g/mol. The maximum atomic E-state index is 12.9. The number of amides is 2. The average Bonchev–Trinajstić information content (AvgIpc) is 3.43. The van der Waals surface area contributed by atoms with Crippen molar-refractivity contribution in [2.24, 2.45) is 5.73 Å². The number of rotatable bonds is 10. The predicted molar refractivity (Wildman–Crippen MR) is 125 cm³/mol. The van der Waals surface area contributed by atoms with E-state index in [0.29, 0.717) is 26.1 Å². The van der Waals surface area contributed by atoms with Gasteiger partial charge in [-0.3, -0.25) is 14.5 Å². The Morgan fingerprint density at radius 3 is 2.74 bits per heavy atom. The largest absolute Gasteiger partial charge is 0.375 e. The van der Waals surface area contributed by atoms with Crippen molar-refractivity contribution < 1.29 is 14.3 Å². The van der Waals surface area contributed by atoms with Gasteiger partial charge in [-0.1, -0.05) is 6.07 Å². The van der Waals surface area contributed by atoms with Crippen LogP contribution in [0.4, 0.5) is 0 Å². The molecule has 1 aliphatic heterocycles. The third kappa shape index (κ3) is 6.60. The van der Waals surface area contributed by atoms with Crippen molar-refractivity contribution in [3.05, 3.63) is 44.3 Å². The molecule has 3 N–H and O–H groups in total. The second kappa shape index (κ2) is 11.7. The summed E-state index contributed by atoms with van der Waals surface area (Å²) < 4.78 is 5.04. The van der Waals surface area contributed by atoms with Gasteiger partial charge in [0.2, 0.25) is 11.8 Å². The molecule has 3 heterocycles. The van der Waals surface area contributed by atoms with Crippen LogP contribution in [-0.4, -0.2) is 67.0 Å². The summed E-state index contributed by atoms with van der Waals surface area (Å²) in [4.78, 5) is 33.5. The van der Waals surface area contributed by atoms with Gasteiger partial charge in [-0.25, -0.2) is 0 Å². The van der Waals surface area contributed by atoms with Gasteiger partial charge in [-0.15, -0.1) is 22.7 Å². The van der Waals surface area contributed by atoms with E-state index in [2.05, 4.69) is 46.8 Å². The first-order chi connectivity index (χ1) is 15.0. The van der Waals surface area contributed by atoms with Crippen molar-refractivity contribution in [2.45, 2.75) is 44.9 Å². The van der Waals surface area contributed by atoms with Gasteiger partial charge >= 0.3 is 0 Å². The van der Waals surface area contributed by atoms with Gasteiger partial charge in [0.15, 0.2) is 0 Å². The zero-order valence-electron chi connectivity index (χ0n) is 18.2. The third-order valence-electron chi connectivity index (χ3n) is 5.52. The Labute approximate surface area is 192 Å². The second-order valence-corrected chi connectivity index (χ2v) is 10.2. The zero-order chi connectivity index (χ0) is 22.2. The van der Waals surface area contributed by atoms with Crippen LogP contribution >= 0.6 is 22.7 Å². The first kappa shape index (κ1) is 23.9. The van der Waals surface area contributed by atoms with E-state index in [-0.39, 0.29) is 24.5 Å². The quantitative estimate of drug-likeness (QED) is 0.563. The number of carbonyl (C=O) groups is 2. The maximum absolute atomic E-state index is 12.9. The smallest absolute Gasteiger partial charge is 0.249 e. The molecule has 31 heavy (non-hydrogen) atoms. The van der Waals surface area contributed by atoms with Crippen molar-refractivity contribution in [2.75, 3.05) is 33.4 Å². The molecule has 7 nitrogen and oxygen atoms in total. The lowest BCUT2D eigenvalue weighted by molar-refractivity contribution is -0.146. The van der Waals surface area contributed by atoms with Crippen LogP contribution in [0.1, 0.15) is 27.5 Å². The van der Waals surface area contributed by atoms with E-state index in [0.717, 1.165) is 19.5 Å². The van der Waals surface area contributed by atoms with Crippen molar-refractivity contribution >= 4 is 34.5 Å². The van der Waals surface area contributed by atoms with Gasteiger partial charge in [0, 0.05) is 60.5 Å². The standard InChI is InChI=1S/C22H32N4O3S2/c1-16-5-6-19(31-16)14-25(13-18-4-3-11-30-18)17-7-10-26(21(27)15-29-2)20(12-17)22(28)24-9-8-23/h3-6,11,17,20H,7-10,12-15,23H2,1-2H3,(H,24,28)/t17?,20-/m1/s1. The number of thiophene rings is 2. The highest BCUT2D eigenvalue weighted by Gasteiger charge is 2.38. The minimum atomic E-state index is -0.510. The van der Waals surface area contributed by atoms with E-state index in [9.17, 15) is 9.59 Å². The summed E-state index contributed by atoms with van der Waals surface area (Å²) in [6.07, 6.45) is 1.42. The van der Waals surface area contributed by atoms with Crippen molar-refractivity contribution in [3.63, 3.8) is 0 Å². The summed E-state index contributed by atoms with van der Waals surface area (Å²) in [6.45, 7) is 5.09. The summed E-state index contributed by atoms with van der Waals surface area (Å²) >= 11 is 3.56. The van der Waals surface area contributed by atoms with Gasteiger partial charge in [0.25, 0.3) is 0 Å². The molecule has 170 valence electrons. The van der Waals surface area contributed by atoms with E-state index in [1.54, 1.807) is 16.2 Å². The van der Waals surface area contributed by atoms with Crippen molar-refractivity contribution in [1.82, 2.24) is 15.1 Å². The molecule has 0 aromatic carbocycles. The Kier molecular flexibility index (Phi) is 9.03. The number of likely N-dealkylation sites (tertiary alicyclic amines) is 1. The second-order valence-electron chi connectivity index (χ2n) is 7.79. The number of nitrogens with one attached hydrogen (secondary N) is 1. The zero-order valence-corrected chi connectivity index (χ0v) is 19.8. The molecule has 1 fully saturated rings. The van der Waals surface area contributed by atoms with Crippen LogP contribution in [0.3, 0.4) is 0 Å². The number of hydrogen-bond donors (Lipinski definition) is 2. The van der Waals surface area contributed by atoms with Crippen LogP contribution < -0.4 is 11.1 Å². The number of piperidine rings is 1. The summed E-state index contributed by atoms with van der Waals surface area (Å²) in [5.41, 5.74) is 5.57. The summed E-state index contributed by atoms with van der Waals surface area (Å²) in [7, 11) is 1.50. The molecule has 0 spiro atoms. The first-order valence-electron chi connectivity index (χ1n) is 10.6. The third-order valence-corrected chi connectivity index (χ3v) is 7.37. The number of nitrogens with zero attached hydrogens (tertiary/aromatic N) is 2. The lowest BCUT2D eigenvalue weighted by Gasteiger charge is -2.42. The topological polar surface area (TPSA) is 87.9 Å². The van der Waals surface area contributed by atoms with Crippen LogP contribution in [0.2, 0.25) is 0 Å². The molecule has 2 amide bonds. The average molecular weight is 465 g/mol. The lowest BCUT2D eigenvalue weighted by atomic mass is 9.94. The molecule has 9 heteroatoms. The maximum Gasteiger partial charge on any atom is 0.249 e. The Balaban J connectivity index is 1.79. The lowest BCUT2D eigenvalue weighted by Crippen LogP contribution is -2.58. The molecule has 0 aliphatic carbocycles. The minimum Gasteiger partial charge on any atom is -0.375 e. The Bertz CT molecular complexity index is 840. The fraction of sp³-hybridized carbons (Fsp3) is 0.545.